The van der Waals surface area contributed by atoms with Crippen LogP contribution in [0.15, 0.2) is 65.8 Å². The molecule has 2 heterocycles. The van der Waals surface area contributed by atoms with Gasteiger partial charge in [0.15, 0.2) is 12.4 Å². The third-order valence-electron chi connectivity index (χ3n) is 4.43. The molecule has 0 bridgehead atoms. The fourth-order valence-electron chi connectivity index (χ4n) is 3.31. The normalized spacial score (nSPS) is 28.8. The summed E-state index contributed by atoms with van der Waals surface area (Å²) in [6.45, 7) is 2.52. The third-order valence-corrected chi connectivity index (χ3v) is 4.43. The Morgan fingerprint density at radius 2 is 1.75 bits per heavy atom. The van der Waals surface area contributed by atoms with Crippen molar-refractivity contribution in [3.63, 3.8) is 0 Å². The summed E-state index contributed by atoms with van der Waals surface area (Å²) in [5.74, 6) is -0.0844. The van der Waals surface area contributed by atoms with Gasteiger partial charge in [-0.05, 0) is 18.1 Å². The lowest BCUT2D eigenvalue weighted by molar-refractivity contribution is -0.251. The predicted octanol–water partition coefficient (Wildman–Crippen LogP) is 3.04. The van der Waals surface area contributed by atoms with E-state index in [0.717, 1.165) is 16.8 Å². The Kier molecular flexibility index (Phi) is 4.30. The second kappa shape index (κ2) is 6.73. The highest BCUT2D eigenvalue weighted by Gasteiger charge is 2.50. The number of hydroxylamine groups is 1. The van der Waals surface area contributed by atoms with Crippen molar-refractivity contribution in [2.75, 3.05) is 6.61 Å². The van der Waals surface area contributed by atoms with E-state index < -0.39 is 6.29 Å². The van der Waals surface area contributed by atoms with Gasteiger partial charge in [-0.25, -0.2) is 0 Å². The first kappa shape index (κ1) is 15.3. The van der Waals surface area contributed by atoms with Gasteiger partial charge in [0, 0.05) is 6.61 Å². The van der Waals surface area contributed by atoms with Gasteiger partial charge in [0.25, 0.3) is 0 Å². The second-order valence-electron chi connectivity index (χ2n) is 5.89. The van der Waals surface area contributed by atoms with Crippen LogP contribution >= 0.6 is 0 Å². The largest absolute Gasteiger partial charge is 0.389 e. The third kappa shape index (κ3) is 2.71. The molecule has 2 aromatic carbocycles. The summed E-state index contributed by atoms with van der Waals surface area (Å²) in [6, 6.07) is 20.1. The maximum atomic E-state index is 5.83. The zero-order chi connectivity index (χ0) is 16.4. The predicted molar refractivity (Wildman–Crippen MR) is 90.2 cm³/mol. The lowest BCUT2D eigenvalue weighted by Gasteiger charge is -2.37. The van der Waals surface area contributed by atoms with Gasteiger partial charge in [0.1, 0.15) is 0 Å². The van der Waals surface area contributed by atoms with Gasteiger partial charge in [-0.15, -0.1) is 0 Å². The molecule has 5 nitrogen and oxygen atoms in total. The minimum atomic E-state index is -0.429. The van der Waals surface area contributed by atoms with Gasteiger partial charge in [0.05, 0.1) is 17.7 Å². The summed E-state index contributed by atoms with van der Waals surface area (Å²) in [7, 11) is 0. The highest BCUT2D eigenvalue weighted by atomic mass is 16.8. The number of rotatable bonds is 4. The molecule has 0 aliphatic carbocycles. The van der Waals surface area contributed by atoms with Crippen molar-refractivity contribution < 1.29 is 14.4 Å². The maximum absolute atomic E-state index is 5.83. The number of hydrogen-bond acceptors (Lipinski definition) is 5. The van der Waals surface area contributed by atoms with E-state index in [1.807, 2.05) is 55.5 Å². The molecule has 24 heavy (non-hydrogen) atoms. The molecule has 0 spiro atoms. The Labute approximate surface area is 141 Å². The molecule has 0 unspecified atom stereocenters. The van der Waals surface area contributed by atoms with Crippen LogP contribution < -0.4 is 5.48 Å². The van der Waals surface area contributed by atoms with Gasteiger partial charge in [-0.1, -0.05) is 65.8 Å². The molecule has 0 saturated carbocycles. The summed E-state index contributed by atoms with van der Waals surface area (Å²) in [5.41, 5.74) is 6.10. The average molecular weight is 324 g/mol. The molecule has 2 aliphatic rings. The zero-order valence-electron chi connectivity index (χ0n) is 13.5. The van der Waals surface area contributed by atoms with Crippen LogP contribution in [0.4, 0.5) is 0 Å². The zero-order valence-corrected chi connectivity index (χ0v) is 13.5. The summed E-state index contributed by atoms with van der Waals surface area (Å²) < 4.78 is 5.79. The summed E-state index contributed by atoms with van der Waals surface area (Å²) in [6.07, 6.45) is -0.602. The number of nitrogens with zero attached hydrogens (tertiary/aromatic N) is 1. The molecule has 1 saturated heterocycles. The van der Waals surface area contributed by atoms with Crippen LogP contribution in [0.3, 0.4) is 0 Å². The van der Waals surface area contributed by atoms with E-state index >= 15 is 0 Å². The van der Waals surface area contributed by atoms with Crippen molar-refractivity contribution in [3.05, 3.63) is 71.8 Å². The number of oxime groups is 1. The van der Waals surface area contributed by atoms with E-state index in [-0.39, 0.29) is 18.1 Å². The molecule has 0 radical (unpaired) electrons. The number of hydrogen-bond donors (Lipinski definition) is 1. The van der Waals surface area contributed by atoms with Gasteiger partial charge in [-0.3, -0.25) is 4.84 Å². The first-order chi connectivity index (χ1) is 11.9. The smallest absolute Gasteiger partial charge is 0.189 e. The van der Waals surface area contributed by atoms with Crippen LogP contribution in [0, 0.1) is 5.92 Å². The molecule has 2 aromatic rings. The van der Waals surface area contributed by atoms with E-state index in [1.54, 1.807) is 0 Å². The van der Waals surface area contributed by atoms with E-state index in [0.29, 0.717) is 6.61 Å². The summed E-state index contributed by atoms with van der Waals surface area (Å²) >= 11 is 0. The summed E-state index contributed by atoms with van der Waals surface area (Å²) in [4.78, 5) is 11.7. The van der Waals surface area contributed by atoms with E-state index in [1.165, 1.54) is 0 Å². The van der Waals surface area contributed by atoms with E-state index in [9.17, 15) is 0 Å². The summed E-state index contributed by atoms with van der Waals surface area (Å²) in [5, 5.41) is 4.38. The molecular formula is C19H20N2O3. The van der Waals surface area contributed by atoms with Gasteiger partial charge >= 0.3 is 0 Å². The molecule has 0 amide bonds. The maximum Gasteiger partial charge on any atom is 0.189 e. The molecular weight excluding hydrogens is 304 g/mol. The van der Waals surface area contributed by atoms with E-state index in [2.05, 4.69) is 22.8 Å². The molecule has 0 aromatic heterocycles. The molecule has 1 N–H and O–H groups in total. The fraction of sp³-hybridized carbons (Fsp3) is 0.316. The Morgan fingerprint density at radius 1 is 1.04 bits per heavy atom. The van der Waals surface area contributed by atoms with Crippen molar-refractivity contribution in [2.24, 2.45) is 11.1 Å². The lowest BCUT2D eigenvalue weighted by Crippen LogP contribution is -2.52. The quantitative estimate of drug-likeness (QED) is 0.939. The number of fused-ring (bicyclic) bond motifs is 1. The van der Waals surface area contributed by atoms with Gasteiger partial charge < -0.3 is 9.57 Å². The lowest BCUT2D eigenvalue weighted by atomic mass is 9.85. The van der Waals surface area contributed by atoms with Crippen LogP contribution in [0.5, 0.6) is 0 Å². The van der Waals surface area contributed by atoms with Gasteiger partial charge in [-0.2, -0.15) is 5.48 Å². The number of nitrogens with one attached hydrogen (secondary N) is 1. The van der Waals surface area contributed by atoms with Crippen molar-refractivity contribution in [1.29, 1.82) is 0 Å². The fourth-order valence-corrected chi connectivity index (χ4v) is 3.31. The van der Waals surface area contributed by atoms with Crippen LogP contribution in [0.25, 0.3) is 0 Å². The van der Waals surface area contributed by atoms with Gasteiger partial charge in [0.2, 0.25) is 0 Å². The molecule has 4 atom stereocenters. The van der Waals surface area contributed by atoms with Crippen LogP contribution in [0.2, 0.25) is 0 Å². The Hall–Kier alpha value is -2.21. The van der Waals surface area contributed by atoms with Crippen LogP contribution in [-0.4, -0.2) is 24.7 Å². The van der Waals surface area contributed by atoms with Crippen LogP contribution in [0.1, 0.15) is 24.1 Å². The minimum Gasteiger partial charge on any atom is -0.389 e. The first-order valence-corrected chi connectivity index (χ1v) is 8.25. The highest BCUT2D eigenvalue weighted by molar-refractivity contribution is 6.03. The SMILES string of the molecule is CCO[C@@H]1ON[C@@H](c2ccccc2)[C@H]2ON=C(c3ccccc3)[C@@H]12. The minimum absolute atomic E-state index is 0.0844. The van der Waals surface area contributed by atoms with Crippen molar-refractivity contribution in [1.82, 2.24) is 5.48 Å². The second-order valence-corrected chi connectivity index (χ2v) is 5.89. The Bertz CT molecular complexity index is 705. The van der Waals surface area contributed by atoms with E-state index in [4.69, 9.17) is 14.4 Å². The van der Waals surface area contributed by atoms with Crippen molar-refractivity contribution >= 4 is 5.71 Å². The highest BCUT2D eigenvalue weighted by Crippen LogP contribution is 2.38. The molecule has 5 heteroatoms. The number of ether oxygens (including phenoxy) is 1. The number of benzene rings is 2. The van der Waals surface area contributed by atoms with Crippen molar-refractivity contribution in [3.8, 4) is 0 Å². The molecule has 1 fully saturated rings. The van der Waals surface area contributed by atoms with Crippen molar-refractivity contribution in [2.45, 2.75) is 25.4 Å². The van der Waals surface area contributed by atoms with Crippen LogP contribution in [-0.2, 0) is 14.4 Å². The monoisotopic (exact) mass is 324 g/mol. The topological polar surface area (TPSA) is 52.1 Å². The standard InChI is InChI=1S/C19H20N2O3/c1-2-22-19-15-16(13-9-5-3-6-10-13)20-23-18(15)17(21-24-19)14-11-7-4-8-12-14/h3-12,15,17-19,21H,2H2,1H3/t15-,17+,18+,19-/m1/s1. The Morgan fingerprint density at radius 3 is 2.46 bits per heavy atom. The average Bonchev–Trinajstić information content (AvgIpc) is 3.09. The molecule has 4 rings (SSSR count). The first-order valence-electron chi connectivity index (χ1n) is 8.25. The molecule has 124 valence electrons. The molecule has 2 aliphatic heterocycles. The Balaban J connectivity index is 1.67.